The predicted molar refractivity (Wildman–Crippen MR) is 103 cm³/mol. The molecule has 25 heavy (non-hydrogen) atoms. The highest BCUT2D eigenvalue weighted by Gasteiger charge is 2.25. The van der Waals surface area contributed by atoms with Crippen LogP contribution in [0.1, 0.15) is 18.2 Å². The van der Waals surface area contributed by atoms with Crippen LogP contribution in [0.15, 0.2) is 65.6 Å². The summed E-state index contributed by atoms with van der Waals surface area (Å²) in [5.41, 5.74) is 1.90. The third-order valence-electron chi connectivity index (χ3n) is 3.86. The lowest BCUT2D eigenvalue weighted by atomic mass is 10.1. The van der Waals surface area contributed by atoms with Gasteiger partial charge in [0.2, 0.25) is 0 Å². The molecule has 3 rings (SSSR count). The van der Waals surface area contributed by atoms with Crippen molar-refractivity contribution < 1.29 is 13.2 Å². The summed E-state index contributed by atoms with van der Waals surface area (Å²) in [4.78, 5) is 11.6. The summed E-state index contributed by atoms with van der Waals surface area (Å²) in [6.07, 6.45) is 3.13. The van der Waals surface area contributed by atoms with Gasteiger partial charge in [-0.1, -0.05) is 52.3 Å². The van der Waals surface area contributed by atoms with Crippen LogP contribution in [-0.4, -0.2) is 18.2 Å². The zero-order chi connectivity index (χ0) is 18.0. The molecule has 6 heteroatoms. The number of hydrogen-bond donors (Lipinski definition) is 0. The van der Waals surface area contributed by atoms with Crippen molar-refractivity contribution in [2.45, 2.75) is 17.1 Å². The molecule has 0 aliphatic carbocycles. The molecule has 0 radical (unpaired) electrons. The van der Waals surface area contributed by atoms with Crippen molar-refractivity contribution in [3.8, 4) is 0 Å². The Morgan fingerprint density at radius 1 is 1.08 bits per heavy atom. The summed E-state index contributed by atoms with van der Waals surface area (Å²) >= 11 is 3.41. The standard InChI is InChI=1S/C19H16BrNO3S/c1-14(22)11-12-17-16-9-5-6-10-18(16)21(19(17)13-20)25(23,24)15-7-3-2-4-8-15/h2-12H,13H2,1H3/b12-11+. The normalized spacial score (nSPS) is 12.1. The van der Waals surface area contributed by atoms with Gasteiger partial charge in [0.25, 0.3) is 10.0 Å². The average molecular weight is 418 g/mol. The Morgan fingerprint density at radius 3 is 2.36 bits per heavy atom. The van der Waals surface area contributed by atoms with Gasteiger partial charge < -0.3 is 0 Å². The molecule has 0 saturated carbocycles. The summed E-state index contributed by atoms with van der Waals surface area (Å²) in [5, 5.41) is 1.12. The summed E-state index contributed by atoms with van der Waals surface area (Å²) in [7, 11) is -3.76. The first-order valence-electron chi connectivity index (χ1n) is 7.64. The lowest BCUT2D eigenvalue weighted by Gasteiger charge is -2.11. The van der Waals surface area contributed by atoms with E-state index in [2.05, 4.69) is 15.9 Å². The van der Waals surface area contributed by atoms with Gasteiger partial charge >= 0.3 is 0 Å². The number of fused-ring (bicyclic) bond motifs is 1. The van der Waals surface area contributed by atoms with Crippen molar-refractivity contribution in [3.63, 3.8) is 0 Å². The van der Waals surface area contributed by atoms with Crippen LogP contribution in [0, 0.1) is 0 Å². The number of halogens is 1. The van der Waals surface area contributed by atoms with Crippen LogP contribution in [-0.2, 0) is 20.1 Å². The molecule has 0 fully saturated rings. The van der Waals surface area contributed by atoms with E-state index < -0.39 is 10.0 Å². The van der Waals surface area contributed by atoms with Gasteiger partial charge in [0.05, 0.1) is 16.1 Å². The number of para-hydroxylation sites is 1. The molecule has 0 bridgehead atoms. The molecule has 128 valence electrons. The predicted octanol–water partition coefficient (Wildman–Crippen LogP) is 4.38. The minimum absolute atomic E-state index is 0.0942. The number of hydrogen-bond acceptors (Lipinski definition) is 3. The zero-order valence-corrected chi connectivity index (χ0v) is 15.9. The van der Waals surface area contributed by atoms with Crippen LogP contribution < -0.4 is 0 Å². The maximum Gasteiger partial charge on any atom is 0.268 e. The molecule has 0 saturated heterocycles. The number of allylic oxidation sites excluding steroid dienone is 1. The Balaban J connectivity index is 2.38. The fraction of sp³-hybridized carbons (Fsp3) is 0.105. The number of ketones is 1. The molecule has 1 aromatic heterocycles. The van der Waals surface area contributed by atoms with E-state index in [-0.39, 0.29) is 10.7 Å². The number of benzene rings is 2. The van der Waals surface area contributed by atoms with Crippen molar-refractivity contribution in [2.75, 3.05) is 0 Å². The Kier molecular flexibility index (Phi) is 4.92. The number of carbonyl (C=O) groups excluding carboxylic acids is 1. The average Bonchev–Trinajstić information content (AvgIpc) is 2.94. The first-order chi connectivity index (χ1) is 12.0. The molecule has 1 heterocycles. The second-order valence-electron chi connectivity index (χ2n) is 5.54. The summed E-state index contributed by atoms with van der Waals surface area (Å²) in [6.45, 7) is 1.46. The monoisotopic (exact) mass is 417 g/mol. The van der Waals surface area contributed by atoms with Crippen molar-refractivity contribution in [2.24, 2.45) is 0 Å². The van der Waals surface area contributed by atoms with E-state index in [1.807, 2.05) is 12.1 Å². The summed E-state index contributed by atoms with van der Waals surface area (Å²) in [5.74, 6) is -0.0942. The molecule has 0 unspecified atom stereocenters. The SMILES string of the molecule is CC(=O)/C=C/c1c(CBr)n(S(=O)(=O)c2ccccc2)c2ccccc12. The third-order valence-corrected chi connectivity index (χ3v) is 6.16. The fourth-order valence-corrected chi connectivity index (χ4v) is 5.08. The first-order valence-corrected chi connectivity index (χ1v) is 10.2. The largest absolute Gasteiger partial charge is 0.295 e. The summed E-state index contributed by atoms with van der Waals surface area (Å²) < 4.78 is 27.8. The van der Waals surface area contributed by atoms with Crippen LogP contribution in [0.25, 0.3) is 17.0 Å². The Bertz CT molecular complexity index is 1070. The maximum absolute atomic E-state index is 13.2. The molecule has 4 nitrogen and oxygen atoms in total. The van der Waals surface area contributed by atoms with Crippen LogP contribution >= 0.6 is 15.9 Å². The van der Waals surface area contributed by atoms with Gasteiger partial charge in [0.15, 0.2) is 5.78 Å². The number of aromatic nitrogens is 1. The highest BCUT2D eigenvalue weighted by Crippen LogP contribution is 2.32. The fourth-order valence-electron chi connectivity index (χ4n) is 2.77. The van der Waals surface area contributed by atoms with E-state index >= 15 is 0 Å². The van der Waals surface area contributed by atoms with Gasteiger partial charge in [0.1, 0.15) is 0 Å². The van der Waals surface area contributed by atoms with E-state index in [0.717, 1.165) is 10.9 Å². The lowest BCUT2D eigenvalue weighted by molar-refractivity contribution is -0.112. The van der Waals surface area contributed by atoms with Gasteiger partial charge in [-0.2, -0.15) is 0 Å². The van der Waals surface area contributed by atoms with Crippen LogP contribution in [0.4, 0.5) is 0 Å². The molecule has 0 aliphatic rings. The third kappa shape index (κ3) is 3.19. The zero-order valence-electron chi connectivity index (χ0n) is 13.5. The van der Waals surface area contributed by atoms with E-state index in [9.17, 15) is 13.2 Å². The van der Waals surface area contributed by atoms with Gasteiger partial charge in [-0.3, -0.25) is 4.79 Å². The molecular weight excluding hydrogens is 402 g/mol. The molecule has 0 atom stereocenters. The molecule has 0 N–H and O–H groups in total. The second kappa shape index (κ2) is 6.98. The maximum atomic E-state index is 13.2. The quantitative estimate of drug-likeness (QED) is 0.457. The first kappa shape index (κ1) is 17.6. The smallest absolute Gasteiger partial charge is 0.268 e. The number of nitrogens with zero attached hydrogens (tertiary/aromatic N) is 1. The Morgan fingerprint density at radius 2 is 1.72 bits per heavy atom. The van der Waals surface area contributed by atoms with E-state index in [1.165, 1.54) is 17.0 Å². The Labute approximate surface area is 155 Å². The van der Waals surface area contributed by atoms with Crippen molar-refractivity contribution in [3.05, 3.63) is 71.9 Å². The van der Waals surface area contributed by atoms with E-state index in [1.54, 1.807) is 48.5 Å². The van der Waals surface area contributed by atoms with Crippen LogP contribution in [0.5, 0.6) is 0 Å². The second-order valence-corrected chi connectivity index (χ2v) is 7.89. The number of carbonyl (C=O) groups is 1. The Hall–Kier alpha value is -2.18. The number of alkyl halides is 1. The van der Waals surface area contributed by atoms with Gasteiger partial charge in [0, 0.05) is 16.3 Å². The molecular formula is C19H16BrNO3S. The van der Waals surface area contributed by atoms with Crippen molar-refractivity contribution in [1.29, 1.82) is 0 Å². The molecule has 0 spiro atoms. The van der Waals surface area contributed by atoms with Gasteiger partial charge in [-0.25, -0.2) is 12.4 Å². The highest BCUT2D eigenvalue weighted by atomic mass is 79.9. The van der Waals surface area contributed by atoms with Crippen LogP contribution in [0.3, 0.4) is 0 Å². The molecule has 2 aromatic carbocycles. The molecule has 0 aliphatic heterocycles. The van der Waals surface area contributed by atoms with Crippen LogP contribution in [0.2, 0.25) is 0 Å². The van der Waals surface area contributed by atoms with Crippen molar-refractivity contribution >= 4 is 48.7 Å². The minimum atomic E-state index is -3.76. The number of rotatable bonds is 5. The minimum Gasteiger partial charge on any atom is -0.295 e. The molecule has 3 aromatic rings. The van der Waals surface area contributed by atoms with E-state index in [0.29, 0.717) is 16.5 Å². The molecule has 0 amide bonds. The highest BCUT2D eigenvalue weighted by molar-refractivity contribution is 9.08. The van der Waals surface area contributed by atoms with Gasteiger partial charge in [-0.05, 0) is 37.3 Å². The summed E-state index contributed by atoms with van der Waals surface area (Å²) in [6, 6.07) is 15.6. The lowest BCUT2D eigenvalue weighted by Crippen LogP contribution is -2.15. The van der Waals surface area contributed by atoms with Crippen molar-refractivity contribution in [1.82, 2.24) is 3.97 Å². The van der Waals surface area contributed by atoms with Gasteiger partial charge in [-0.15, -0.1) is 0 Å². The topological polar surface area (TPSA) is 56.1 Å². The van der Waals surface area contributed by atoms with E-state index in [4.69, 9.17) is 0 Å².